The topological polar surface area (TPSA) is 25.2 Å². The van der Waals surface area contributed by atoms with E-state index >= 15 is 0 Å². The third kappa shape index (κ3) is 2.03. The molecule has 2 aliphatic rings. The van der Waals surface area contributed by atoms with Crippen molar-refractivity contribution in [3.63, 3.8) is 0 Å². The molecule has 0 spiro atoms. The van der Waals surface area contributed by atoms with Crippen molar-refractivity contribution in [2.75, 3.05) is 6.54 Å². The summed E-state index contributed by atoms with van der Waals surface area (Å²) in [6.07, 6.45) is 9.28. The molecule has 88 valence electrons. The summed E-state index contributed by atoms with van der Waals surface area (Å²) in [5.74, 6) is 3.11. The Hall–Kier alpha value is -0.760. The van der Waals surface area contributed by atoms with Crippen molar-refractivity contribution in [3.05, 3.63) is 23.7 Å². The van der Waals surface area contributed by atoms with Crippen LogP contribution in [0, 0.1) is 0 Å². The van der Waals surface area contributed by atoms with Gasteiger partial charge < -0.3 is 9.73 Å². The number of rotatable bonds is 2. The van der Waals surface area contributed by atoms with Crippen LogP contribution in [0.1, 0.15) is 68.4 Å². The molecule has 1 aliphatic carbocycles. The maximum absolute atomic E-state index is 6.04. The van der Waals surface area contributed by atoms with E-state index in [1.165, 1.54) is 56.5 Å². The fraction of sp³-hybridized carbons (Fsp3) is 0.714. The molecule has 1 unspecified atom stereocenters. The molecule has 1 saturated carbocycles. The van der Waals surface area contributed by atoms with E-state index < -0.39 is 0 Å². The molecule has 2 heterocycles. The predicted octanol–water partition coefficient (Wildman–Crippen LogP) is 3.75. The first-order valence-electron chi connectivity index (χ1n) is 6.76. The van der Waals surface area contributed by atoms with Crippen molar-refractivity contribution in [1.82, 2.24) is 5.32 Å². The van der Waals surface area contributed by atoms with Crippen molar-refractivity contribution in [2.45, 2.75) is 56.9 Å². The summed E-state index contributed by atoms with van der Waals surface area (Å²) < 4.78 is 6.04. The fourth-order valence-electron chi connectivity index (χ4n) is 3.08. The van der Waals surface area contributed by atoms with Gasteiger partial charge in [-0.3, -0.25) is 0 Å². The first-order valence-corrected chi connectivity index (χ1v) is 6.76. The summed E-state index contributed by atoms with van der Waals surface area (Å²) in [4.78, 5) is 0. The third-order valence-corrected chi connectivity index (χ3v) is 4.06. The molecule has 1 saturated heterocycles. The van der Waals surface area contributed by atoms with E-state index in [9.17, 15) is 0 Å². The Morgan fingerprint density at radius 2 is 1.69 bits per heavy atom. The maximum Gasteiger partial charge on any atom is 0.121 e. The Bertz CT molecular complexity index is 332. The van der Waals surface area contributed by atoms with Gasteiger partial charge in [0.25, 0.3) is 0 Å². The van der Waals surface area contributed by atoms with Gasteiger partial charge in [-0.05, 0) is 44.4 Å². The van der Waals surface area contributed by atoms with Gasteiger partial charge in [0.2, 0.25) is 0 Å². The Kier molecular flexibility index (Phi) is 3.00. The van der Waals surface area contributed by atoms with Crippen LogP contribution in [0.25, 0.3) is 0 Å². The number of furan rings is 1. The second-order valence-electron chi connectivity index (χ2n) is 5.22. The van der Waals surface area contributed by atoms with Crippen molar-refractivity contribution >= 4 is 0 Å². The summed E-state index contributed by atoms with van der Waals surface area (Å²) in [6, 6.07) is 4.88. The van der Waals surface area contributed by atoms with Crippen LogP contribution in [-0.2, 0) is 0 Å². The lowest BCUT2D eigenvalue weighted by molar-refractivity contribution is 0.331. The zero-order valence-corrected chi connectivity index (χ0v) is 9.87. The normalized spacial score (nSPS) is 27.4. The molecule has 0 aromatic carbocycles. The Labute approximate surface area is 97.4 Å². The molecule has 0 amide bonds. The number of piperidine rings is 1. The van der Waals surface area contributed by atoms with E-state index in [-0.39, 0.29) is 0 Å². The molecular weight excluding hydrogens is 198 g/mol. The van der Waals surface area contributed by atoms with Crippen LogP contribution >= 0.6 is 0 Å². The summed E-state index contributed by atoms with van der Waals surface area (Å²) in [5.41, 5.74) is 0. The van der Waals surface area contributed by atoms with Gasteiger partial charge in [0, 0.05) is 5.92 Å². The Balaban J connectivity index is 1.71. The summed E-state index contributed by atoms with van der Waals surface area (Å²) in [7, 11) is 0. The standard InChI is InChI=1S/C14H21NO/c1-2-6-11(5-1)13-8-9-14(16-13)12-7-3-4-10-15-12/h8-9,11-12,15H,1-7,10H2. The molecule has 1 aromatic heterocycles. The predicted molar refractivity (Wildman–Crippen MR) is 64.5 cm³/mol. The third-order valence-electron chi connectivity index (χ3n) is 4.06. The van der Waals surface area contributed by atoms with Gasteiger partial charge in [0.1, 0.15) is 11.5 Å². The van der Waals surface area contributed by atoms with Gasteiger partial charge in [0.15, 0.2) is 0 Å². The summed E-state index contributed by atoms with van der Waals surface area (Å²) in [5, 5.41) is 3.55. The van der Waals surface area contributed by atoms with Gasteiger partial charge in [0.05, 0.1) is 6.04 Å². The van der Waals surface area contributed by atoms with Gasteiger partial charge in [-0.15, -0.1) is 0 Å². The first-order chi connectivity index (χ1) is 7.93. The van der Waals surface area contributed by atoms with Gasteiger partial charge in [-0.25, -0.2) is 0 Å². The Morgan fingerprint density at radius 3 is 2.44 bits per heavy atom. The highest BCUT2D eigenvalue weighted by Gasteiger charge is 2.23. The highest BCUT2D eigenvalue weighted by Crippen LogP contribution is 2.36. The molecule has 2 heteroatoms. The smallest absolute Gasteiger partial charge is 0.121 e. The number of hydrogen-bond donors (Lipinski definition) is 1. The zero-order chi connectivity index (χ0) is 10.8. The van der Waals surface area contributed by atoms with Crippen LogP contribution in [-0.4, -0.2) is 6.54 Å². The van der Waals surface area contributed by atoms with Crippen LogP contribution in [0.4, 0.5) is 0 Å². The van der Waals surface area contributed by atoms with Crippen LogP contribution in [0.5, 0.6) is 0 Å². The highest BCUT2D eigenvalue weighted by molar-refractivity contribution is 5.15. The first kappa shape index (κ1) is 10.4. The van der Waals surface area contributed by atoms with Crippen molar-refractivity contribution in [2.24, 2.45) is 0 Å². The number of nitrogens with one attached hydrogen (secondary N) is 1. The molecule has 0 bridgehead atoms. The van der Waals surface area contributed by atoms with Crippen molar-refractivity contribution in [1.29, 1.82) is 0 Å². The van der Waals surface area contributed by atoms with Crippen LogP contribution in [0.15, 0.2) is 16.5 Å². The number of hydrogen-bond acceptors (Lipinski definition) is 2. The molecule has 16 heavy (non-hydrogen) atoms. The fourth-order valence-corrected chi connectivity index (χ4v) is 3.08. The van der Waals surface area contributed by atoms with Gasteiger partial charge >= 0.3 is 0 Å². The minimum Gasteiger partial charge on any atom is -0.464 e. The van der Waals surface area contributed by atoms with E-state index in [1.54, 1.807) is 0 Å². The van der Waals surface area contributed by atoms with Crippen LogP contribution in [0.2, 0.25) is 0 Å². The van der Waals surface area contributed by atoms with Crippen molar-refractivity contribution in [3.8, 4) is 0 Å². The largest absolute Gasteiger partial charge is 0.464 e. The SMILES string of the molecule is c1cc(C2CCCCN2)oc1C1CCCC1. The lowest BCUT2D eigenvalue weighted by Crippen LogP contribution is -2.26. The van der Waals surface area contributed by atoms with E-state index in [4.69, 9.17) is 4.42 Å². The van der Waals surface area contributed by atoms with Crippen LogP contribution in [0.3, 0.4) is 0 Å². The molecule has 1 N–H and O–H groups in total. The zero-order valence-electron chi connectivity index (χ0n) is 9.87. The lowest BCUT2D eigenvalue weighted by atomic mass is 10.0. The highest BCUT2D eigenvalue weighted by atomic mass is 16.3. The molecule has 2 nitrogen and oxygen atoms in total. The molecule has 1 aliphatic heterocycles. The molecule has 1 atom stereocenters. The minimum atomic E-state index is 0.476. The van der Waals surface area contributed by atoms with E-state index in [0.717, 1.165) is 6.54 Å². The summed E-state index contributed by atoms with van der Waals surface area (Å²) >= 11 is 0. The molecule has 2 fully saturated rings. The quantitative estimate of drug-likeness (QED) is 0.819. The van der Waals surface area contributed by atoms with Crippen molar-refractivity contribution < 1.29 is 4.42 Å². The molecular formula is C14H21NO. The average molecular weight is 219 g/mol. The Morgan fingerprint density at radius 1 is 0.938 bits per heavy atom. The second kappa shape index (κ2) is 4.62. The van der Waals surface area contributed by atoms with E-state index in [1.807, 2.05) is 0 Å². The van der Waals surface area contributed by atoms with E-state index in [0.29, 0.717) is 12.0 Å². The summed E-state index contributed by atoms with van der Waals surface area (Å²) in [6.45, 7) is 1.14. The van der Waals surface area contributed by atoms with Gasteiger partial charge in [-0.1, -0.05) is 19.3 Å². The van der Waals surface area contributed by atoms with Gasteiger partial charge in [-0.2, -0.15) is 0 Å². The monoisotopic (exact) mass is 219 g/mol. The molecule has 1 aromatic rings. The molecule has 0 radical (unpaired) electrons. The van der Waals surface area contributed by atoms with E-state index in [2.05, 4.69) is 17.4 Å². The average Bonchev–Trinajstić information content (AvgIpc) is 3.01. The maximum atomic E-state index is 6.04. The second-order valence-corrected chi connectivity index (χ2v) is 5.22. The lowest BCUT2D eigenvalue weighted by Gasteiger charge is -2.21. The molecule has 3 rings (SSSR count). The van der Waals surface area contributed by atoms with Crippen LogP contribution < -0.4 is 5.32 Å². The minimum absolute atomic E-state index is 0.476.